The number of anilines is 3. The minimum atomic E-state index is -0.135. The Hall–Kier alpha value is -6.85. The van der Waals surface area contributed by atoms with Gasteiger partial charge in [-0.1, -0.05) is 147 Å². The number of benzene rings is 7. The van der Waals surface area contributed by atoms with E-state index < -0.39 is 0 Å². The Morgan fingerprint density at radius 3 is 1.77 bits per heavy atom. The quantitative estimate of drug-likeness (QED) is 0.175. The first-order valence-corrected chi connectivity index (χ1v) is 18.1. The normalized spacial score (nSPS) is 12.9. The standard InChI is InChI=1S/C48H35N5/c1-48(2)39-26-14-12-24-35(39)37-30-38-36-25-13-15-27-41(36)53(44(38)31-40(37)48)43-29-17-16-28-42(43)52(34-22-10-5-11-23-34)47-50-45(32-18-6-3-7-19-32)49-46(51-47)33-20-8-4-9-21-33/h3-31H,1-2H3. The van der Waals surface area contributed by atoms with Gasteiger partial charge in [-0.2, -0.15) is 9.97 Å². The van der Waals surface area contributed by atoms with Gasteiger partial charge in [0.05, 0.1) is 22.4 Å². The highest BCUT2D eigenvalue weighted by molar-refractivity contribution is 6.12. The fourth-order valence-electron chi connectivity index (χ4n) is 8.10. The van der Waals surface area contributed by atoms with Gasteiger partial charge in [-0.05, 0) is 64.7 Å². The average Bonchev–Trinajstić information content (AvgIpc) is 3.66. The van der Waals surface area contributed by atoms with Gasteiger partial charge in [-0.15, -0.1) is 0 Å². The average molecular weight is 682 g/mol. The molecule has 0 aliphatic heterocycles. The molecule has 2 aromatic heterocycles. The van der Waals surface area contributed by atoms with Crippen molar-refractivity contribution in [3.8, 4) is 39.6 Å². The molecular weight excluding hydrogens is 647 g/mol. The number of nitrogens with zero attached hydrogens (tertiary/aromatic N) is 5. The molecule has 0 atom stereocenters. The van der Waals surface area contributed by atoms with Crippen LogP contribution in [0.4, 0.5) is 17.3 Å². The van der Waals surface area contributed by atoms with E-state index in [1.165, 1.54) is 33.0 Å². The third-order valence-electron chi connectivity index (χ3n) is 10.6. The van der Waals surface area contributed by atoms with Crippen LogP contribution in [0.25, 0.3) is 61.4 Å². The molecule has 9 aromatic rings. The lowest BCUT2D eigenvalue weighted by Gasteiger charge is -2.27. The summed E-state index contributed by atoms with van der Waals surface area (Å²) in [4.78, 5) is 17.6. The van der Waals surface area contributed by atoms with Crippen molar-refractivity contribution in [3.05, 3.63) is 187 Å². The lowest BCUT2D eigenvalue weighted by atomic mass is 9.82. The molecule has 0 radical (unpaired) electrons. The monoisotopic (exact) mass is 681 g/mol. The molecule has 252 valence electrons. The van der Waals surface area contributed by atoms with Crippen LogP contribution in [0.1, 0.15) is 25.0 Å². The third kappa shape index (κ3) is 4.96. The summed E-state index contributed by atoms with van der Waals surface area (Å²) in [5, 5.41) is 2.44. The fourth-order valence-corrected chi connectivity index (χ4v) is 8.10. The molecule has 1 aliphatic rings. The predicted molar refractivity (Wildman–Crippen MR) is 217 cm³/mol. The van der Waals surface area contributed by atoms with E-state index in [0.29, 0.717) is 17.6 Å². The van der Waals surface area contributed by atoms with Gasteiger partial charge in [0.15, 0.2) is 11.6 Å². The van der Waals surface area contributed by atoms with Crippen LogP contribution >= 0.6 is 0 Å². The van der Waals surface area contributed by atoms with E-state index in [0.717, 1.165) is 39.2 Å². The zero-order chi connectivity index (χ0) is 35.5. The van der Waals surface area contributed by atoms with Crippen LogP contribution in [-0.2, 0) is 5.41 Å². The van der Waals surface area contributed by atoms with E-state index in [1.54, 1.807) is 0 Å². The van der Waals surface area contributed by atoms with Gasteiger partial charge in [-0.3, -0.25) is 4.90 Å². The topological polar surface area (TPSA) is 46.8 Å². The highest BCUT2D eigenvalue weighted by atomic mass is 15.3. The molecule has 5 heteroatoms. The Kier molecular flexibility index (Phi) is 7.08. The van der Waals surface area contributed by atoms with Crippen LogP contribution < -0.4 is 4.90 Å². The summed E-state index contributed by atoms with van der Waals surface area (Å²) in [6.45, 7) is 4.69. The van der Waals surface area contributed by atoms with Gasteiger partial charge in [0.1, 0.15) is 0 Å². The molecular formula is C48H35N5. The first-order valence-electron chi connectivity index (χ1n) is 18.1. The van der Waals surface area contributed by atoms with Crippen molar-refractivity contribution in [2.24, 2.45) is 0 Å². The Morgan fingerprint density at radius 1 is 0.472 bits per heavy atom. The van der Waals surface area contributed by atoms with Crippen LogP contribution in [-0.4, -0.2) is 19.5 Å². The molecule has 1 aliphatic carbocycles. The van der Waals surface area contributed by atoms with Crippen LogP contribution in [0, 0.1) is 0 Å². The molecule has 5 nitrogen and oxygen atoms in total. The molecule has 0 spiro atoms. The summed E-state index contributed by atoms with van der Waals surface area (Å²) in [5.74, 6) is 1.76. The summed E-state index contributed by atoms with van der Waals surface area (Å²) in [7, 11) is 0. The molecule has 0 bridgehead atoms. The minimum absolute atomic E-state index is 0.135. The zero-order valence-corrected chi connectivity index (χ0v) is 29.5. The number of aromatic nitrogens is 4. The van der Waals surface area contributed by atoms with Gasteiger partial charge < -0.3 is 4.57 Å². The van der Waals surface area contributed by atoms with Gasteiger partial charge in [0.25, 0.3) is 0 Å². The fraction of sp³-hybridized carbons (Fsp3) is 0.0625. The van der Waals surface area contributed by atoms with Gasteiger partial charge >= 0.3 is 0 Å². The largest absolute Gasteiger partial charge is 0.307 e. The molecule has 0 saturated carbocycles. The van der Waals surface area contributed by atoms with E-state index in [2.05, 4.69) is 133 Å². The van der Waals surface area contributed by atoms with E-state index >= 15 is 0 Å². The molecule has 53 heavy (non-hydrogen) atoms. The zero-order valence-electron chi connectivity index (χ0n) is 29.5. The highest BCUT2D eigenvalue weighted by Crippen LogP contribution is 2.51. The molecule has 7 aromatic carbocycles. The molecule has 10 rings (SSSR count). The van der Waals surface area contributed by atoms with Crippen LogP contribution in [0.15, 0.2) is 176 Å². The lowest BCUT2D eigenvalue weighted by Crippen LogP contribution is -2.17. The first kappa shape index (κ1) is 30.9. The molecule has 0 saturated heterocycles. The highest BCUT2D eigenvalue weighted by Gasteiger charge is 2.36. The van der Waals surface area contributed by atoms with Crippen molar-refractivity contribution in [1.82, 2.24) is 19.5 Å². The van der Waals surface area contributed by atoms with Crippen molar-refractivity contribution in [1.29, 1.82) is 0 Å². The van der Waals surface area contributed by atoms with Gasteiger partial charge in [0, 0.05) is 33.0 Å². The maximum absolute atomic E-state index is 5.21. The van der Waals surface area contributed by atoms with Crippen LogP contribution in [0.2, 0.25) is 0 Å². The van der Waals surface area contributed by atoms with Crippen LogP contribution in [0.3, 0.4) is 0 Å². The van der Waals surface area contributed by atoms with Gasteiger partial charge in [0.2, 0.25) is 5.95 Å². The van der Waals surface area contributed by atoms with Crippen molar-refractivity contribution < 1.29 is 0 Å². The summed E-state index contributed by atoms with van der Waals surface area (Å²) in [6.07, 6.45) is 0. The Labute approximate surface area is 308 Å². The van der Waals surface area contributed by atoms with E-state index in [4.69, 9.17) is 15.0 Å². The molecule has 0 fully saturated rings. The lowest BCUT2D eigenvalue weighted by molar-refractivity contribution is 0.661. The maximum atomic E-state index is 5.21. The molecule has 0 unspecified atom stereocenters. The summed E-state index contributed by atoms with van der Waals surface area (Å²) in [5.41, 5.74) is 12.3. The number of rotatable bonds is 6. The number of fused-ring (bicyclic) bond motifs is 6. The summed E-state index contributed by atoms with van der Waals surface area (Å²) in [6, 6.07) is 61.7. The molecule has 0 amide bonds. The third-order valence-corrected chi connectivity index (χ3v) is 10.6. The number of hydrogen-bond donors (Lipinski definition) is 0. The van der Waals surface area contributed by atoms with Crippen molar-refractivity contribution in [2.45, 2.75) is 19.3 Å². The SMILES string of the molecule is CC1(C)c2ccccc2-c2cc3c4ccccc4n(-c4ccccc4N(c4ccccc4)c4nc(-c5ccccc5)nc(-c5ccccc5)n4)c3cc21. The van der Waals surface area contributed by atoms with E-state index in [-0.39, 0.29) is 5.41 Å². The summed E-state index contributed by atoms with van der Waals surface area (Å²) < 4.78 is 2.42. The van der Waals surface area contributed by atoms with Crippen molar-refractivity contribution in [2.75, 3.05) is 4.90 Å². The second-order valence-corrected chi connectivity index (χ2v) is 14.1. The molecule has 0 N–H and O–H groups in total. The summed E-state index contributed by atoms with van der Waals surface area (Å²) >= 11 is 0. The minimum Gasteiger partial charge on any atom is -0.307 e. The number of hydrogen-bond acceptors (Lipinski definition) is 4. The first-order chi connectivity index (χ1) is 26.1. The van der Waals surface area contributed by atoms with Crippen molar-refractivity contribution in [3.63, 3.8) is 0 Å². The van der Waals surface area contributed by atoms with Gasteiger partial charge in [-0.25, -0.2) is 4.98 Å². The Balaban J connectivity index is 1.26. The second-order valence-electron chi connectivity index (χ2n) is 14.1. The van der Waals surface area contributed by atoms with Crippen LogP contribution in [0.5, 0.6) is 0 Å². The van der Waals surface area contributed by atoms with Crippen molar-refractivity contribution >= 4 is 39.1 Å². The number of para-hydroxylation sites is 4. The van der Waals surface area contributed by atoms with E-state index in [1.807, 2.05) is 66.7 Å². The maximum Gasteiger partial charge on any atom is 0.238 e. The second kappa shape index (κ2) is 12.1. The Morgan fingerprint density at radius 2 is 1.06 bits per heavy atom. The molecule has 2 heterocycles. The Bertz CT molecular complexity index is 2750. The smallest absolute Gasteiger partial charge is 0.238 e. The predicted octanol–water partition coefficient (Wildman–Crippen LogP) is 12.1. The van der Waals surface area contributed by atoms with E-state index in [9.17, 15) is 0 Å².